The SMILES string of the molecule is CC(C)(CC(O)(CNc1cccc2ncccc12)CC1CCCCC1)c1ccccc1. The highest BCUT2D eigenvalue weighted by atomic mass is 16.3. The summed E-state index contributed by atoms with van der Waals surface area (Å²) in [6.07, 6.45) is 9.84. The molecule has 2 N–H and O–H groups in total. The van der Waals surface area contributed by atoms with Crippen molar-refractivity contribution in [2.45, 2.75) is 69.8 Å². The number of fused-ring (bicyclic) bond motifs is 1. The molecule has 0 aliphatic heterocycles. The molecule has 0 saturated heterocycles. The van der Waals surface area contributed by atoms with Gasteiger partial charge in [-0.1, -0.05) is 82.3 Å². The second kappa shape index (κ2) is 9.40. The molecule has 3 nitrogen and oxygen atoms in total. The molecular formula is C28H36N2O. The molecule has 1 unspecified atom stereocenters. The fourth-order valence-electron chi connectivity index (χ4n) is 5.47. The van der Waals surface area contributed by atoms with Gasteiger partial charge in [0.15, 0.2) is 0 Å². The topological polar surface area (TPSA) is 45.1 Å². The summed E-state index contributed by atoms with van der Waals surface area (Å²) in [6.45, 7) is 5.07. The molecule has 0 spiro atoms. The number of hydrogen-bond donors (Lipinski definition) is 2. The number of rotatable bonds is 8. The predicted octanol–water partition coefficient (Wildman–Crippen LogP) is 6.72. The van der Waals surface area contributed by atoms with Crippen LogP contribution in [-0.4, -0.2) is 22.2 Å². The number of pyridine rings is 1. The smallest absolute Gasteiger partial charge is 0.0830 e. The monoisotopic (exact) mass is 416 g/mol. The summed E-state index contributed by atoms with van der Waals surface area (Å²) in [5.74, 6) is 0.612. The highest BCUT2D eigenvalue weighted by molar-refractivity contribution is 5.91. The van der Waals surface area contributed by atoms with Crippen LogP contribution in [0.4, 0.5) is 5.69 Å². The van der Waals surface area contributed by atoms with Gasteiger partial charge < -0.3 is 10.4 Å². The van der Waals surface area contributed by atoms with Crippen molar-refractivity contribution in [2.75, 3.05) is 11.9 Å². The van der Waals surface area contributed by atoms with Crippen LogP contribution in [0.5, 0.6) is 0 Å². The molecule has 1 aromatic heterocycles. The fraction of sp³-hybridized carbons (Fsp3) is 0.464. The van der Waals surface area contributed by atoms with Crippen molar-refractivity contribution in [3.05, 3.63) is 72.4 Å². The Bertz CT molecular complexity index is 973. The first-order chi connectivity index (χ1) is 15.0. The fourth-order valence-corrected chi connectivity index (χ4v) is 5.47. The van der Waals surface area contributed by atoms with Gasteiger partial charge in [-0.15, -0.1) is 0 Å². The van der Waals surface area contributed by atoms with Crippen molar-refractivity contribution >= 4 is 16.6 Å². The van der Waals surface area contributed by atoms with E-state index in [2.05, 4.69) is 66.6 Å². The quantitative estimate of drug-likeness (QED) is 0.428. The number of anilines is 1. The van der Waals surface area contributed by atoms with E-state index in [1.807, 2.05) is 24.4 Å². The average Bonchev–Trinajstić information content (AvgIpc) is 2.78. The van der Waals surface area contributed by atoms with Crippen LogP contribution < -0.4 is 5.32 Å². The first-order valence-corrected chi connectivity index (χ1v) is 11.8. The normalized spacial score (nSPS) is 17.4. The van der Waals surface area contributed by atoms with Gasteiger partial charge in [0.05, 0.1) is 11.1 Å². The maximum absolute atomic E-state index is 12.0. The first kappa shape index (κ1) is 21.8. The minimum Gasteiger partial charge on any atom is -0.388 e. The highest BCUT2D eigenvalue weighted by Gasteiger charge is 2.37. The molecule has 1 fully saturated rings. The second-order valence-electron chi connectivity index (χ2n) is 10.1. The Morgan fingerprint density at radius 1 is 0.935 bits per heavy atom. The standard InChI is InChI=1S/C28H36N2O/c1-27(2,23-13-7-4-8-14-23)20-28(31,19-22-11-5-3-6-12-22)21-30-26-17-9-16-25-24(26)15-10-18-29-25/h4,7-10,13-18,22,30-31H,3,5-6,11-12,19-21H2,1-2H3. The highest BCUT2D eigenvalue weighted by Crippen LogP contribution is 2.39. The molecule has 1 atom stereocenters. The molecular weight excluding hydrogens is 380 g/mol. The van der Waals surface area contributed by atoms with E-state index in [4.69, 9.17) is 0 Å². The predicted molar refractivity (Wildman–Crippen MR) is 130 cm³/mol. The zero-order chi connectivity index (χ0) is 21.7. The summed E-state index contributed by atoms with van der Waals surface area (Å²) in [5.41, 5.74) is 2.43. The third kappa shape index (κ3) is 5.46. The molecule has 3 aromatic rings. The van der Waals surface area contributed by atoms with E-state index in [1.54, 1.807) is 0 Å². The van der Waals surface area contributed by atoms with Crippen molar-refractivity contribution in [2.24, 2.45) is 5.92 Å². The number of nitrogens with one attached hydrogen (secondary N) is 1. The van der Waals surface area contributed by atoms with E-state index in [0.717, 1.165) is 29.4 Å². The summed E-state index contributed by atoms with van der Waals surface area (Å²) in [5, 5.41) is 16.7. The minimum atomic E-state index is -0.772. The molecule has 1 saturated carbocycles. The summed E-state index contributed by atoms with van der Waals surface area (Å²) in [6, 6.07) is 20.8. The van der Waals surface area contributed by atoms with Crippen LogP contribution in [-0.2, 0) is 5.41 Å². The zero-order valence-corrected chi connectivity index (χ0v) is 19.0. The van der Waals surface area contributed by atoms with E-state index in [1.165, 1.54) is 37.7 Å². The van der Waals surface area contributed by atoms with E-state index < -0.39 is 5.60 Å². The minimum absolute atomic E-state index is 0.104. The molecule has 1 aliphatic carbocycles. The maximum Gasteiger partial charge on any atom is 0.0830 e. The van der Waals surface area contributed by atoms with Gasteiger partial charge in [-0.05, 0) is 54.0 Å². The maximum atomic E-state index is 12.0. The lowest BCUT2D eigenvalue weighted by atomic mass is 9.71. The summed E-state index contributed by atoms with van der Waals surface area (Å²) in [4.78, 5) is 4.48. The lowest BCUT2D eigenvalue weighted by Gasteiger charge is -2.40. The van der Waals surface area contributed by atoms with Crippen molar-refractivity contribution in [3.8, 4) is 0 Å². The Balaban J connectivity index is 1.57. The number of nitrogens with zero attached hydrogens (tertiary/aromatic N) is 1. The van der Waals surface area contributed by atoms with Crippen molar-refractivity contribution in [1.29, 1.82) is 0 Å². The van der Waals surface area contributed by atoms with Crippen LogP contribution >= 0.6 is 0 Å². The molecule has 1 heterocycles. The second-order valence-corrected chi connectivity index (χ2v) is 10.1. The summed E-state index contributed by atoms with van der Waals surface area (Å²) < 4.78 is 0. The Morgan fingerprint density at radius 2 is 1.71 bits per heavy atom. The van der Waals surface area contributed by atoms with Gasteiger partial charge in [0.2, 0.25) is 0 Å². The Hall–Kier alpha value is -2.39. The lowest BCUT2D eigenvalue weighted by Crippen LogP contribution is -2.44. The van der Waals surface area contributed by atoms with Gasteiger partial charge >= 0.3 is 0 Å². The Morgan fingerprint density at radius 3 is 2.48 bits per heavy atom. The number of aliphatic hydroxyl groups is 1. The Kier molecular flexibility index (Phi) is 6.62. The molecule has 0 radical (unpaired) electrons. The third-order valence-corrected chi connectivity index (χ3v) is 6.97. The van der Waals surface area contributed by atoms with Gasteiger partial charge in [-0.2, -0.15) is 0 Å². The van der Waals surface area contributed by atoms with Crippen LogP contribution in [0.15, 0.2) is 66.9 Å². The van der Waals surface area contributed by atoms with Crippen molar-refractivity contribution < 1.29 is 5.11 Å². The zero-order valence-electron chi connectivity index (χ0n) is 19.0. The number of benzene rings is 2. The molecule has 0 amide bonds. The van der Waals surface area contributed by atoms with E-state index in [-0.39, 0.29) is 5.41 Å². The van der Waals surface area contributed by atoms with Crippen LogP contribution in [0.1, 0.15) is 64.4 Å². The molecule has 4 rings (SSSR count). The molecule has 3 heteroatoms. The van der Waals surface area contributed by atoms with E-state index >= 15 is 0 Å². The van der Waals surface area contributed by atoms with E-state index in [9.17, 15) is 5.11 Å². The molecule has 164 valence electrons. The van der Waals surface area contributed by atoms with Gasteiger partial charge in [-0.3, -0.25) is 4.98 Å². The first-order valence-electron chi connectivity index (χ1n) is 11.8. The van der Waals surface area contributed by atoms with Gasteiger partial charge in [0, 0.05) is 23.8 Å². The van der Waals surface area contributed by atoms with E-state index in [0.29, 0.717) is 12.5 Å². The number of hydrogen-bond acceptors (Lipinski definition) is 3. The van der Waals surface area contributed by atoms with Gasteiger partial charge in [-0.25, -0.2) is 0 Å². The molecule has 2 aromatic carbocycles. The third-order valence-electron chi connectivity index (χ3n) is 6.97. The van der Waals surface area contributed by atoms with Crippen molar-refractivity contribution in [3.63, 3.8) is 0 Å². The van der Waals surface area contributed by atoms with Crippen LogP contribution in [0.2, 0.25) is 0 Å². The lowest BCUT2D eigenvalue weighted by molar-refractivity contribution is -0.00215. The largest absolute Gasteiger partial charge is 0.388 e. The molecule has 1 aliphatic rings. The molecule has 0 bridgehead atoms. The van der Waals surface area contributed by atoms with Crippen LogP contribution in [0.3, 0.4) is 0 Å². The average molecular weight is 417 g/mol. The van der Waals surface area contributed by atoms with Gasteiger partial charge in [0.25, 0.3) is 0 Å². The Labute approximate surface area is 186 Å². The van der Waals surface area contributed by atoms with Crippen LogP contribution in [0.25, 0.3) is 10.9 Å². The number of aromatic nitrogens is 1. The van der Waals surface area contributed by atoms with Gasteiger partial charge in [0.1, 0.15) is 0 Å². The molecule has 31 heavy (non-hydrogen) atoms. The van der Waals surface area contributed by atoms with Crippen LogP contribution in [0, 0.1) is 5.92 Å². The summed E-state index contributed by atoms with van der Waals surface area (Å²) >= 11 is 0. The summed E-state index contributed by atoms with van der Waals surface area (Å²) in [7, 11) is 0. The van der Waals surface area contributed by atoms with Crippen molar-refractivity contribution in [1.82, 2.24) is 4.98 Å².